The minimum absolute atomic E-state index is 0.217. The Labute approximate surface area is 125 Å². The Hall–Kier alpha value is -1.65. The van der Waals surface area contributed by atoms with Crippen molar-refractivity contribution in [3.63, 3.8) is 0 Å². The number of hydrogen-bond acceptors (Lipinski definition) is 3. The van der Waals surface area contributed by atoms with Gasteiger partial charge in [-0.1, -0.05) is 41.9 Å². The second kappa shape index (κ2) is 6.68. The molecule has 1 unspecified atom stereocenters. The number of ether oxygens (including phenoxy) is 1. The molecule has 3 nitrogen and oxygen atoms in total. The van der Waals surface area contributed by atoms with Gasteiger partial charge in [0, 0.05) is 0 Å². The molecule has 0 saturated heterocycles. The molecular formula is C15H13ClO3S. The number of methoxy groups -OCH3 is 1. The summed E-state index contributed by atoms with van der Waals surface area (Å²) >= 11 is 6.03. The quantitative estimate of drug-likeness (QED) is 0.813. The molecule has 0 amide bonds. The van der Waals surface area contributed by atoms with Crippen LogP contribution in [0.3, 0.4) is 0 Å². The van der Waals surface area contributed by atoms with Crippen LogP contribution >= 0.6 is 11.6 Å². The molecule has 0 aliphatic carbocycles. The third-order valence-electron chi connectivity index (χ3n) is 2.79. The highest BCUT2D eigenvalue weighted by molar-refractivity contribution is 7.84. The summed E-state index contributed by atoms with van der Waals surface area (Å²) in [5.41, 5.74) is 1.10. The molecule has 1 atom stereocenters. The third kappa shape index (κ3) is 3.26. The van der Waals surface area contributed by atoms with E-state index in [4.69, 9.17) is 16.3 Å². The SMILES string of the molecule is COC(=O)c1ccccc1CS(=O)c1ccccc1Cl. The Morgan fingerprint density at radius 2 is 1.80 bits per heavy atom. The van der Waals surface area contributed by atoms with E-state index in [-0.39, 0.29) is 5.75 Å². The van der Waals surface area contributed by atoms with Crippen molar-refractivity contribution >= 4 is 28.4 Å². The lowest BCUT2D eigenvalue weighted by Gasteiger charge is -2.08. The highest BCUT2D eigenvalue weighted by Crippen LogP contribution is 2.22. The predicted molar refractivity (Wildman–Crippen MR) is 79.3 cm³/mol. The maximum absolute atomic E-state index is 12.4. The lowest BCUT2D eigenvalue weighted by atomic mass is 10.1. The zero-order valence-electron chi connectivity index (χ0n) is 10.8. The fraction of sp³-hybridized carbons (Fsp3) is 0.133. The van der Waals surface area contributed by atoms with Gasteiger partial charge in [-0.15, -0.1) is 0 Å². The molecule has 0 aliphatic heterocycles. The van der Waals surface area contributed by atoms with E-state index in [9.17, 15) is 9.00 Å². The molecule has 0 radical (unpaired) electrons. The fourth-order valence-corrected chi connectivity index (χ4v) is 3.40. The molecule has 20 heavy (non-hydrogen) atoms. The van der Waals surface area contributed by atoms with Crippen molar-refractivity contribution in [1.29, 1.82) is 0 Å². The van der Waals surface area contributed by atoms with Crippen molar-refractivity contribution in [3.8, 4) is 0 Å². The Bertz CT molecular complexity index is 655. The topological polar surface area (TPSA) is 43.4 Å². The van der Waals surface area contributed by atoms with Crippen molar-refractivity contribution in [1.82, 2.24) is 0 Å². The first-order valence-electron chi connectivity index (χ1n) is 5.92. The van der Waals surface area contributed by atoms with Gasteiger partial charge in [0.1, 0.15) is 0 Å². The standard InChI is InChI=1S/C15H13ClO3S/c1-19-15(17)12-7-3-2-6-11(12)10-20(18)14-9-5-4-8-13(14)16/h2-9H,10H2,1H3. The second-order valence-corrected chi connectivity index (χ2v) is 5.90. The summed E-state index contributed by atoms with van der Waals surface area (Å²) in [7, 11) is 0.00907. The number of carbonyl (C=O) groups is 1. The number of hydrogen-bond donors (Lipinski definition) is 0. The molecule has 0 aromatic heterocycles. The van der Waals surface area contributed by atoms with E-state index in [1.807, 2.05) is 0 Å². The molecule has 0 saturated carbocycles. The zero-order valence-corrected chi connectivity index (χ0v) is 12.4. The van der Waals surface area contributed by atoms with Crippen LogP contribution in [-0.2, 0) is 21.3 Å². The minimum Gasteiger partial charge on any atom is -0.465 e. The van der Waals surface area contributed by atoms with Crippen molar-refractivity contribution in [3.05, 3.63) is 64.7 Å². The van der Waals surface area contributed by atoms with Gasteiger partial charge < -0.3 is 4.74 Å². The van der Waals surface area contributed by atoms with Gasteiger partial charge in [-0.05, 0) is 23.8 Å². The zero-order chi connectivity index (χ0) is 14.5. The molecule has 0 heterocycles. The smallest absolute Gasteiger partial charge is 0.338 e. The normalized spacial score (nSPS) is 11.9. The molecule has 0 spiro atoms. The average molecular weight is 309 g/mol. The molecule has 5 heteroatoms. The summed E-state index contributed by atoms with van der Waals surface area (Å²) in [4.78, 5) is 12.2. The number of esters is 1. The summed E-state index contributed by atoms with van der Waals surface area (Å²) in [5.74, 6) is -0.216. The highest BCUT2D eigenvalue weighted by Gasteiger charge is 2.15. The molecule has 0 N–H and O–H groups in total. The summed E-state index contributed by atoms with van der Waals surface area (Å²) in [6, 6.07) is 13.9. The van der Waals surface area contributed by atoms with Crippen molar-refractivity contribution in [2.24, 2.45) is 0 Å². The summed E-state index contributed by atoms with van der Waals surface area (Å²) in [6.45, 7) is 0. The first-order chi connectivity index (χ1) is 9.63. The minimum atomic E-state index is -1.31. The van der Waals surface area contributed by atoms with Crippen LogP contribution in [0.2, 0.25) is 5.02 Å². The van der Waals surface area contributed by atoms with E-state index in [1.54, 1.807) is 48.5 Å². The van der Waals surface area contributed by atoms with E-state index in [0.717, 1.165) is 0 Å². The third-order valence-corrected chi connectivity index (χ3v) is 4.65. The van der Waals surface area contributed by atoms with Crippen LogP contribution in [0.25, 0.3) is 0 Å². The number of rotatable bonds is 4. The van der Waals surface area contributed by atoms with Gasteiger partial charge in [0.05, 0.1) is 39.1 Å². The van der Waals surface area contributed by atoms with E-state index in [1.165, 1.54) is 7.11 Å². The molecule has 0 bridgehead atoms. The summed E-state index contributed by atoms with van der Waals surface area (Å²) in [6.07, 6.45) is 0. The largest absolute Gasteiger partial charge is 0.465 e. The molecule has 2 rings (SSSR count). The van der Waals surface area contributed by atoms with Gasteiger partial charge in [-0.25, -0.2) is 4.79 Å². The Kier molecular flexibility index (Phi) is 4.93. The van der Waals surface area contributed by atoms with Crippen LogP contribution in [-0.4, -0.2) is 17.3 Å². The second-order valence-electron chi connectivity index (χ2n) is 4.07. The van der Waals surface area contributed by atoms with Gasteiger partial charge in [0.15, 0.2) is 0 Å². The van der Waals surface area contributed by atoms with Crippen LogP contribution < -0.4 is 0 Å². The molecular weight excluding hydrogens is 296 g/mol. The summed E-state index contributed by atoms with van der Waals surface area (Å²) < 4.78 is 17.1. The fourth-order valence-electron chi connectivity index (χ4n) is 1.80. The van der Waals surface area contributed by atoms with Crippen molar-refractivity contribution in [2.75, 3.05) is 7.11 Å². The number of halogens is 1. The van der Waals surface area contributed by atoms with Gasteiger partial charge in [0.2, 0.25) is 0 Å². The maximum atomic E-state index is 12.4. The summed E-state index contributed by atoms with van der Waals surface area (Å²) in [5, 5.41) is 0.460. The van der Waals surface area contributed by atoms with Crippen LogP contribution in [0.4, 0.5) is 0 Å². The Morgan fingerprint density at radius 3 is 2.50 bits per heavy atom. The van der Waals surface area contributed by atoms with Crippen LogP contribution in [0.1, 0.15) is 15.9 Å². The molecule has 2 aromatic carbocycles. The Balaban J connectivity index is 2.29. The van der Waals surface area contributed by atoms with Gasteiger partial charge in [-0.3, -0.25) is 4.21 Å². The van der Waals surface area contributed by atoms with Crippen LogP contribution in [0, 0.1) is 0 Å². The first kappa shape index (κ1) is 14.8. The number of benzene rings is 2. The van der Waals surface area contributed by atoms with Gasteiger partial charge in [0.25, 0.3) is 0 Å². The predicted octanol–water partition coefficient (Wildman–Crippen LogP) is 3.43. The molecule has 104 valence electrons. The van der Waals surface area contributed by atoms with Gasteiger partial charge >= 0.3 is 5.97 Å². The maximum Gasteiger partial charge on any atom is 0.338 e. The molecule has 0 fully saturated rings. The van der Waals surface area contributed by atoms with Gasteiger partial charge in [-0.2, -0.15) is 0 Å². The molecule has 2 aromatic rings. The average Bonchev–Trinajstić information content (AvgIpc) is 2.47. The van der Waals surface area contributed by atoms with Crippen LogP contribution in [0.5, 0.6) is 0 Å². The van der Waals surface area contributed by atoms with E-state index < -0.39 is 16.8 Å². The van der Waals surface area contributed by atoms with E-state index >= 15 is 0 Å². The van der Waals surface area contributed by atoms with Crippen LogP contribution in [0.15, 0.2) is 53.4 Å². The van der Waals surface area contributed by atoms with Crippen molar-refractivity contribution < 1.29 is 13.7 Å². The number of carbonyl (C=O) groups excluding carboxylic acids is 1. The van der Waals surface area contributed by atoms with E-state index in [0.29, 0.717) is 21.0 Å². The lowest BCUT2D eigenvalue weighted by molar-refractivity contribution is 0.0600. The lowest BCUT2D eigenvalue weighted by Crippen LogP contribution is -2.07. The first-order valence-corrected chi connectivity index (χ1v) is 7.62. The molecule has 0 aliphatic rings. The van der Waals surface area contributed by atoms with E-state index in [2.05, 4.69) is 0 Å². The Morgan fingerprint density at radius 1 is 1.15 bits per heavy atom. The highest BCUT2D eigenvalue weighted by atomic mass is 35.5. The van der Waals surface area contributed by atoms with Crippen molar-refractivity contribution in [2.45, 2.75) is 10.6 Å². The monoisotopic (exact) mass is 308 g/mol.